The minimum Gasteiger partial charge on any atom is -0.363 e. The lowest BCUT2D eigenvalue weighted by Gasteiger charge is -2.24. The van der Waals surface area contributed by atoms with E-state index in [1.807, 2.05) is 18.5 Å². The summed E-state index contributed by atoms with van der Waals surface area (Å²) in [4.78, 5) is 4.59. The van der Waals surface area contributed by atoms with Gasteiger partial charge in [0.15, 0.2) is 11.6 Å². The van der Waals surface area contributed by atoms with E-state index in [1.165, 1.54) is 0 Å². The molecule has 2 aromatic heterocycles. The number of aryl methyl sites for hydroxylation is 2. The van der Waals surface area contributed by atoms with Gasteiger partial charge in [-0.05, 0) is 25.8 Å². The second kappa shape index (κ2) is 5.95. The molecule has 7 nitrogen and oxygen atoms in total. The van der Waals surface area contributed by atoms with Crippen molar-refractivity contribution >= 4 is 5.82 Å². The van der Waals surface area contributed by atoms with E-state index >= 15 is 0 Å². The predicted molar refractivity (Wildman–Crippen MR) is 86.1 cm³/mol. The molecule has 1 atom stereocenters. The summed E-state index contributed by atoms with van der Waals surface area (Å²) < 4.78 is 1.97. The first-order valence-electron chi connectivity index (χ1n) is 7.93. The highest BCUT2D eigenvalue weighted by Gasteiger charge is 2.24. The van der Waals surface area contributed by atoms with Gasteiger partial charge < -0.3 is 5.32 Å². The van der Waals surface area contributed by atoms with Crippen LogP contribution in [0.2, 0.25) is 0 Å². The Hall–Kier alpha value is -2.49. The maximum atomic E-state index is 9.39. The van der Waals surface area contributed by atoms with Gasteiger partial charge in [-0.1, -0.05) is 13.8 Å². The zero-order chi connectivity index (χ0) is 16.6. The molecule has 3 rings (SSSR count). The van der Waals surface area contributed by atoms with Gasteiger partial charge in [-0.15, -0.1) is 5.10 Å². The fourth-order valence-electron chi connectivity index (χ4n) is 2.73. The highest BCUT2D eigenvalue weighted by Crippen LogP contribution is 2.22. The summed E-state index contributed by atoms with van der Waals surface area (Å²) >= 11 is 0. The van der Waals surface area contributed by atoms with E-state index in [1.54, 1.807) is 0 Å². The zero-order valence-corrected chi connectivity index (χ0v) is 14.0. The van der Waals surface area contributed by atoms with Crippen LogP contribution >= 0.6 is 0 Å². The smallest absolute Gasteiger partial charge is 0.167 e. The van der Waals surface area contributed by atoms with Crippen LogP contribution in [-0.2, 0) is 13.0 Å². The van der Waals surface area contributed by atoms with E-state index in [0.717, 1.165) is 42.3 Å². The normalized spacial score (nSPS) is 17.0. The molecule has 0 saturated carbocycles. The molecule has 1 aliphatic heterocycles. The molecular weight excluding hydrogens is 290 g/mol. The minimum atomic E-state index is 0.174. The highest BCUT2D eigenvalue weighted by atomic mass is 15.4. The molecule has 0 spiro atoms. The van der Waals surface area contributed by atoms with Crippen LogP contribution < -0.4 is 5.32 Å². The molecule has 120 valence electrons. The van der Waals surface area contributed by atoms with E-state index in [4.69, 9.17) is 0 Å². The Kier molecular flexibility index (Phi) is 3.99. The molecule has 0 aromatic carbocycles. The third-order valence-electron chi connectivity index (χ3n) is 4.30. The van der Waals surface area contributed by atoms with Crippen molar-refractivity contribution < 1.29 is 0 Å². The summed E-state index contributed by atoms with van der Waals surface area (Å²) in [5.41, 5.74) is 2.24. The first kappa shape index (κ1) is 15.4. The van der Waals surface area contributed by atoms with E-state index in [-0.39, 0.29) is 6.04 Å². The number of aromatic nitrogens is 5. The Labute approximate surface area is 135 Å². The molecule has 7 heteroatoms. The van der Waals surface area contributed by atoms with Gasteiger partial charge in [0.2, 0.25) is 0 Å². The molecule has 1 N–H and O–H groups in total. The van der Waals surface area contributed by atoms with E-state index in [9.17, 15) is 5.26 Å². The monoisotopic (exact) mass is 311 g/mol. The number of nitrogens with one attached hydrogen (secondary N) is 1. The molecule has 0 bridgehead atoms. The van der Waals surface area contributed by atoms with Crippen LogP contribution in [0.1, 0.15) is 54.7 Å². The fraction of sp³-hybridized carbons (Fsp3) is 0.562. The molecule has 23 heavy (non-hydrogen) atoms. The van der Waals surface area contributed by atoms with Crippen LogP contribution in [0.5, 0.6) is 0 Å². The standard InChI is InChI=1S/C16H21N7/c1-9(2)15-19-14-6-5-12(8-23(14)22-15)18-16-13(7-17)10(3)11(4)20-21-16/h9,12H,5-6,8H2,1-4H3,(H,18,21)/t12-/m0/s1. The second-order valence-electron chi connectivity index (χ2n) is 6.35. The van der Waals surface area contributed by atoms with Gasteiger partial charge in [-0.3, -0.25) is 0 Å². The Morgan fingerprint density at radius 1 is 1.30 bits per heavy atom. The summed E-state index contributed by atoms with van der Waals surface area (Å²) in [5.74, 6) is 2.83. The molecular formula is C16H21N7. The Morgan fingerprint density at radius 3 is 2.78 bits per heavy atom. The van der Waals surface area contributed by atoms with Gasteiger partial charge >= 0.3 is 0 Å². The van der Waals surface area contributed by atoms with Crippen LogP contribution in [0, 0.1) is 25.2 Å². The van der Waals surface area contributed by atoms with E-state index in [0.29, 0.717) is 17.3 Å². The maximum absolute atomic E-state index is 9.39. The average molecular weight is 311 g/mol. The van der Waals surface area contributed by atoms with Gasteiger partial charge in [0.25, 0.3) is 0 Å². The molecule has 2 aromatic rings. The largest absolute Gasteiger partial charge is 0.363 e. The van der Waals surface area contributed by atoms with Crippen molar-refractivity contribution in [2.24, 2.45) is 0 Å². The van der Waals surface area contributed by atoms with Gasteiger partial charge in [0, 0.05) is 18.4 Å². The van der Waals surface area contributed by atoms with Crippen molar-refractivity contribution in [3.05, 3.63) is 28.5 Å². The average Bonchev–Trinajstić information content (AvgIpc) is 2.95. The Morgan fingerprint density at radius 2 is 2.09 bits per heavy atom. The predicted octanol–water partition coefficient (Wildman–Crippen LogP) is 2.11. The van der Waals surface area contributed by atoms with Crippen LogP contribution in [0.3, 0.4) is 0 Å². The molecule has 0 radical (unpaired) electrons. The van der Waals surface area contributed by atoms with Crippen LogP contribution in [0.4, 0.5) is 5.82 Å². The number of nitrogens with zero attached hydrogens (tertiary/aromatic N) is 6. The maximum Gasteiger partial charge on any atom is 0.167 e. The van der Waals surface area contributed by atoms with E-state index in [2.05, 4.69) is 45.5 Å². The van der Waals surface area contributed by atoms with Gasteiger partial charge in [0.1, 0.15) is 17.5 Å². The third-order valence-corrected chi connectivity index (χ3v) is 4.30. The SMILES string of the molecule is Cc1nnc(N[C@H]2CCc3nc(C(C)C)nn3C2)c(C#N)c1C. The van der Waals surface area contributed by atoms with E-state index < -0.39 is 0 Å². The van der Waals surface area contributed by atoms with Crippen molar-refractivity contribution in [2.75, 3.05) is 5.32 Å². The quantitative estimate of drug-likeness (QED) is 0.933. The first-order valence-corrected chi connectivity index (χ1v) is 7.93. The number of fused-ring (bicyclic) bond motifs is 1. The first-order chi connectivity index (χ1) is 11.0. The van der Waals surface area contributed by atoms with Crippen molar-refractivity contribution in [1.29, 1.82) is 5.26 Å². The number of hydrogen-bond acceptors (Lipinski definition) is 6. The summed E-state index contributed by atoms with van der Waals surface area (Å²) in [6.07, 6.45) is 1.81. The number of hydrogen-bond donors (Lipinski definition) is 1. The summed E-state index contributed by atoms with van der Waals surface area (Å²) in [5, 5.41) is 25.6. The molecule has 0 aliphatic carbocycles. The number of anilines is 1. The highest BCUT2D eigenvalue weighted by molar-refractivity contribution is 5.56. The molecule has 0 amide bonds. The molecule has 3 heterocycles. The van der Waals surface area contributed by atoms with Gasteiger partial charge in [-0.25, -0.2) is 9.67 Å². The van der Waals surface area contributed by atoms with Gasteiger partial charge in [-0.2, -0.15) is 15.5 Å². The molecule has 0 saturated heterocycles. The third kappa shape index (κ3) is 2.89. The number of nitriles is 1. The molecule has 0 fully saturated rings. The van der Waals surface area contributed by atoms with Crippen molar-refractivity contribution in [3.8, 4) is 6.07 Å². The summed E-state index contributed by atoms with van der Waals surface area (Å²) in [6, 6.07) is 2.41. The lowest BCUT2D eigenvalue weighted by molar-refractivity contribution is 0.438. The second-order valence-corrected chi connectivity index (χ2v) is 6.35. The van der Waals surface area contributed by atoms with Crippen molar-refractivity contribution in [2.45, 2.75) is 59.0 Å². The van der Waals surface area contributed by atoms with Crippen molar-refractivity contribution in [3.63, 3.8) is 0 Å². The summed E-state index contributed by atoms with van der Waals surface area (Å²) in [6.45, 7) is 8.69. The Bertz CT molecular complexity index is 769. The number of rotatable bonds is 3. The topological polar surface area (TPSA) is 92.3 Å². The lowest BCUT2D eigenvalue weighted by Crippen LogP contribution is -2.32. The lowest BCUT2D eigenvalue weighted by atomic mass is 10.1. The summed E-state index contributed by atoms with van der Waals surface area (Å²) in [7, 11) is 0. The van der Waals surface area contributed by atoms with Crippen LogP contribution in [0.15, 0.2) is 0 Å². The zero-order valence-electron chi connectivity index (χ0n) is 14.0. The van der Waals surface area contributed by atoms with Crippen LogP contribution in [0.25, 0.3) is 0 Å². The van der Waals surface area contributed by atoms with Crippen LogP contribution in [-0.4, -0.2) is 31.0 Å². The molecule has 1 aliphatic rings. The van der Waals surface area contributed by atoms with Crippen molar-refractivity contribution in [1.82, 2.24) is 25.0 Å². The minimum absolute atomic E-state index is 0.174. The fourth-order valence-corrected chi connectivity index (χ4v) is 2.73. The Balaban J connectivity index is 1.80. The molecule has 0 unspecified atom stereocenters. The van der Waals surface area contributed by atoms with Gasteiger partial charge in [0.05, 0.1) is 12.2 Å².